The normalized spacial score (nSPS) is 15.9. The number of nitrogens with one attached hydrogen (secondary N) is 1. The summed E-state index contributed by atoms with van der Waals surface area (Å²) in [4.78, 5) is 27.1. The molecule has 0 aromatic heterocycles. The molecular weight excluding hydrogens is 489 g/mol. The number of carbonyl (C=O) groups excluding carboxylic acids is 2. The van der Waals surface area contributed by atoms with Crippen LogP contribution in [0.15, 0.2) is 82.0 Å². The molecule has 1 atom stereocenters. The molecule has 2 aromatic rings. The van der Waals surface area contributed by atoms with Gasteiger partial charge in [0.05, 0.1) is 0 Å². The van der Waals surface area contributed by atoms with Gasteiger partial charge in [0.2, 0.25) is 0 Å². The van der Waals surface area contributed by atoms with Crippen molar-refractivity contribution < 1.29 is 19.1 Å². The van der Waals surface area contributed by atoms with Crippen LogP contribution in [-0.2, 0) is 19.1 Å². The van der Waals surface area contributed by atoms with Crippen molar-refractivity contribution in [2.75, 3.05) is 20.0 Å². The van der Waals surface area contributed by atoms with Crippen molar-refractivity contribution in [1.29, 1.82) is 0 Å². The van der Waals surface area contributed by atoms with Crippen LogP contribution in [0.25, 0.3) is 0 Å². The van der Waals surface area contributed by atoms with Crippen LogP contribution in [-0.4, -0.2) is 46.9 Å². The van der Waals surface area contributed by atoms with Gasteiger partial charge in [-0.1, -0.05) is 0 Å². The van der Waals surface area contributed by atoms with Gasteiger partial charge in [-0.15, -0.1) is 0 Å². The summed E-state index contributed by atoms with van der Waals surface area (Å²) in [7, 11) is 1.36. The van der Waals surface area contributed by atoms with Gasteiger partial charge < -0.3 is 0 Å². The van der Waals surface area contributed by atoms with Crippen LogP contribution in [0.5, 0.6) is 0 Å². The Morgan fingerprint density at radius 3 is 2.38 bits per heavy atom. The number of ether oxygens (including phenoxy) is 2. The summed E-state index contributed by atoms with van der Waals surface area (Å²) in [5.74, 6) is -1.42. The third kappa shape index (κ3) is 5.29. The van der Waals surface area contributed by atoms with Crippen molar-refractivity contribution in [2.45, 2.75) is 30.0 Å². The molecular formula is C25H27NO4SSe. The van der Waals surface area contributed by atoms with E-state index in [9.17, 15) is 9.59 Å². The minimum absolute atomic E-state index is 0.105. The molecule has 5 nitrogen and oxygen atoms in total. The number of thioether (sulfide) groups is 1. The first-order valence-electron chi connectivity index (χ1n) is 10.3. The fourth-order valence-electron chi connectivity index (χ4n) is 3.73. The Morgan fingerprint density at radius 1 is 1.03 bits per heavy atom. The summed E-state index contributed by atoms with van der Waals surface area (Å²) in [6, 6.07) is 18.1. The number of hydrogen-bond acceptors (Lipinski definition) is 6. The fourth-order valence-corrected chi connectivity index (χ4v) is 6.23. The molecule has 0 fully saturated rings. The molecule has 0 radical (unpaired) electrons. The molecule has 0 aliphatic carbocycles. The molecule has 0 spiro atoms. The number of carbonyl (C=O) groups is 2. The minimum atomic E-state index is -0.562. The summed E-state index contributed by atoms with van der Waals surface area (Å²) >= 11 is 1.69. The van der Waals surface area contributed by atoms with E-state index >= 15 is 0 Å². The fraction of sp³-hybridized carbons (Fsp3) is 0.280. The quantitative estimate of drug-likeness (QED) is 0.327. The topological polar surface area (TPSA) is 64.6 Å². The van der Waals surface area contributed by atoms with E-state index < -0.39 is 17.9 Å². The monoisotopic (exact) mass is 517 g/mol. The predicted molar refractivity (Wildman–Crippen MR) is 129 cm³/mol. The molecule has 0 saturated heterocycles. The van der Waals surface area contributed by atoms with E-state index in [1.54, 1.807) is 18.7 Å². The van der Waals surface area contributed by atoms with Crippen molar-refractivity contribution >= 4 is 43.1 Å². The first-order valence-corrected chi connectivity index (χ1v) is 13.6. The Labute approximate surface area is 199 Å². The second-order valence-corrected chi connectivity index (χ2v) is 10.1. The van der Waals surface area contributed by atoms with E-state index in [0.717, 1.165) is 16.2 Å². The zero-order valence-corrected chi connectivity index (χ0v) is 21.2. The second-order valence-electron chi connectivity index (χ2n) is 7.04. The molecule has 32 heavy (non-hydrogen) atoms. The molecule has 1 heterocycles. The van der Waals surface area contributed by atoms with Crippen LogP contribution in [0.1, 0.15) is 25.3 Å². The van der Waals surface area contributed by atoms with Gasteiger partial charge in [0.25, 0.3) is 0 Å². The average molecular weight is 517 g/mol. The first-order chi connectivity index (χ1) is 15.5. The molecule has 1 aliphatic rings. The number of methoxy groups -OCH3 is 1. The summed E-state index contributed by atoms with van der Waals surface area (Å²) in [5.41, 5.74) is 3.32. The van der Waals surface area contributed by atoms with Crippen LogP contribution < -0.4 is 9.78 Å². The number of hydrogen-bond donors (Lipinski definition) is 1. The standard InChI is InChI=1S/C25H27NO4SSe/c1-5-30-25(28)23-19(15-32-17-11-7-6-8-12-17)26-16(2)21(24(27)29-3)22(23)18-13-9-10-14-20(18)31-4/h6-14,22,26H,5,15H2,1-4H3. The van der Waals surface area contributed by atoms with Gasteiger partial charge in [-0.25, -0.2) is 0 Å². The maximum atomic E-state index is 13.3. The molecule has 0 saturated carbocycles. The SMILES string of the molecule is CCOC(=O)C1=C(C[Se]c2ccccc2)NC(C)=C(C(=O)OC)C1c1ccccc1SC. The third-order valence-electron chi connectivity index (χ3n) is 5.12. The summed E-state index contributed by atoms with van der Waals surface area (Å²) < 4.78 is 11.8. The first kappa shape index (κ1) is 24.2. The van der Waals surface area contributed by atoms with Gasteiger partial charge in [-0.3, -0.25) is 0 Å². The maximum absolute atomic E-state index is 13.3. The van der Waals surface area contributed by atoms with Gasteiger partial charge in [0, 0.05) is 0 Å². The Balaban J connectivity index is 2.17. The number of dihydropyridines is 1. The molecule has 7 heteroatoms. The summed E-state index contributed by atoms with van der Waals surface area (Å²) in [6.07, 6.45) is 1.99. The van der Waals surface area contributed by atoms with Gasteiger partial charge in [0.15, 0.2) is 0 Å². The van der Waals surface area contributed by atoms with Crippen molar-refractivity contribution in [2.24, 2.45) is 0 Å². The zero-order chi connectivity index (χ0) is 23.1. The zero-order valence-electron chi connectivity index (χ0n) is 18.6. The van der Waals surface area contributed by atoms with Gasteiger partial charge >= 0.3 is 200 Å². The Bertz CT molecular complexity index is 1050. The Morgan fingerprint density at radius 2 is 1.72 bits per heavy atom. The van der Waals surface area contributed by atoms with Gasteiger partial charge in [0.1, 0.15) is 0 Å². The molecule has 3 rings (SSSR count). The van der Waals surface area contributed by atoms with Gasteiger partial charge in [-0.2, -0.15) is 0 Å². The summed E-state index contributed by atoms with van der Waals surface area (Å²) in [5, 5.41) is 4.02. The summed E-state index contributed by atoms with van der Waals surface area (Å²) in [6.45, 7) is 3.90. The molecule has 1 aliphatic heterocycles. The number of benzene rings is 2. The second kappa shape index (κ2) is 11.4. The number of rotatable bonds is 8. The van der Waals surface area contributed by atoms with Crippen LogP contribution in [0.3, 0.4) is 0 Å². The van der Waals surface area contributed by atoms with Crippen LogP contribution >= 0.6 is 11.8 Å². The average Bonchev–Trinajstić information content (AvgIpc) is 2.82. The van der Waals surface area contributed by atoms with E-state index in [4.69, 9.17) is 9.47 Å². The van der Waals surface area contributed by atoms with Gasteiger partial charge in [-0.05, 0) is 0 Å². The predicted octanol–water partition coefficient (Wildman–Crippen LogP) is 3.81. The van der Waals surface area contributed by atoms with E-state index in [0.29, 0.717) is 22.2 Å². The van der Waals surface area contributed by atoms with Crippen molar-refractivity contribution in [3.05, 3.63) is 82.7 Å². The van der Waals surface area contributed by atoms with Crippen LogP contribution in [0, 0.1) is 0 Å². The van der Waals surface area contributed by atoms with Crippen LogP contribution in [0.2, 0.25) is 5.32 Å². The molecule has 0 amide bonds. The Hall–Kier alpha value is -2.47. The molecule has 168 valence electrons. The van der Waals surface area contributed by atoms with E-state index in [1.165, 1.54) is 11.6 Å². The van der Waals surface area contributed by atoms with Crippen molar-refractivity contribution in [3.8, 4) is 0 Å². The number of esters is 2. The molecule has 1 N–H and O–H groups in total. The van der Waals surface area contributed by atoms with Crippen molar-refractivity contribution in [1.82, 2.24) is 5.32 Å². The van der Waals surface area contributed by atoms with E-state index in [2.05, 4.69) is 17.4 Å². The molecule has 0 bridgehead atoms. The van der Waals surface area contributed by atoms with Crippen molar-refractivity contribution in [3.63, 3.8) is 0 Å². The molecule has 1 unspecified atom stereocenters. The van der Waals surface area contributed by atoms with Crippen LogP contribution in [0.4, 0.5) is 0 Å². The number of allylic oxidation sites excluding steroid dienone is 2. The Kier molecular flexibility index (Phi) is 8.62. The molecule has 2 aromatic carbocycles. The third-order valence-corrected chi connectivity index (χ3v) is 8.11. The van der Waals surface area contributed by atoms with E-state index in [1.807, 2.05) is 55.6 Å². The van der Waals surface area contributed by atoms with E-state index in [-0.39, 0.29) is 21.6 Å².